The van der Waals surface area contributed by atoms with Crippen LogP contribution in [0.2, 0.25) is 0 Å². The molecule has 0 aliphatic rings. The van der Waals surface area contributed by atoms with Crippen LogP contribution in [0.15, 0.2) is 108 Å². The minimum absolute atomic E-state index is 0. The number of nitrogens with zero attached hydrogens (tertiary/aromatic N) is 4. The monoisotopic (exact) mass is 510 g/mol. The maximum absolute atomic E-state index is 4.31. The molecule has 33 heavy (non-hydrogen) atoms. The molecule has 6 aromatic rings. The van der Waals surface area contributed by atoms with Gasteiger partial charge in [-0.15, -0.1) is 34.8 Å². The fraction of sp³-hybridized carbons (Fsp3) is 0.0769. The molecule has 0 bridgehead atoms. The van der Waals surface area contributed by atoms with Crippen LogP contribution in [0, 0.1) is 0 Å². The molecule has 2 aromatic carbocycles. The minimum Gasteiger partial charge on any atom is -0.337 e. The van der Waals surface area contributed by atoms with Gasteiger partial charge in [-0.3, -0.25) is 4.68 Å². The molecular weight excluding hydrogens is 488 g/mol. The van der Waals surface area contributed by atoms with Gasteiger partial charge in [0.05, 0.1) is 27.7 Å². The Labute approximate surface area is 212 Å². The second kappa shape index (κ2) is 11.3. The standard InChI is InChI=1S/C21H17N4S2.C5H5.Fe/c1-2-6-16(5-1)17-15-24(23-22-17)11-12-25-18(20-7-3-13-26-20)9-10-19(25)21-8-4-14-27-21;1-2-4-5-3-1;/h1-10,13-15H,11-12H2;1-5H;/q2*-1;+2. The molecule has 166 valence electrons. The summed E-state index contributed by atoms with van der Waals surface area (Å²) in [4.78, 5) is 2.57. The Balaban J connectivity index is 0.000000385. The van der Waals surface area contributed by atoms with Crippen molar-refractivity contribution in [1.82, 2.24) is 19.6 Å². The van der Waals surface area contributed by atoms with E-state index in [0.717, 1.165) is 24.3 Å². The van der Waals surface area contributed by atoms with Crippen LogP contribution in [0.4, 0.5) is 0 Å². The van der Waals surface area contributed by atoms with Gasteiger partial charge in [0.2, 0.25) is 0 Å². The van der Waals surface area contributed by atoms with E-state index in [4.69, 9.17) is 0 Å². The molecule has 0 saturated heterocycles. The average molecular weight is 510 g/mol. The van der Waals surface area contributed by atoms with E-state index < -0.39 is 0 Å². The maximum Gasteiger partial charge on any atom is 2.00 e. The van der Waals surface area contributed by atoms with Gasteiger partial charge < -0.3 is 4.57 Å². The summed E-state index contributed by atoms with van der Waals surface area (Å²) in [6.07, 6.45) is 2.02. The van der Waals surface area contributed by atoms with Crippen LogP contribution in [0.25, 0.3) is 32.4 Å². The molecule has 0 unspecified atom stereocenters. The molecule has 0 saturated carbocycles. The molecule has 4 aromatic heterocycles. The van der Waals surface area contributed by atoms with Crippen LogP contribution in [-0.4, -0.2) is 19.6 Å². The van der Waals surface area contributed by atoms with Gasteiger partial charge in [0.25, 0.3) is 0 Å². The van der Waals surface area contributed by atoms with Gasteiger partial charge in [0, 0.05) is 12.2 Å². The van der Waals surface area contributed by atoms with Crippen molar-refractivity contribution in [3.05, 3.63) is 108 Å². The van der Waals surface area contributed by atoms with E-state index in [0.29, 0.717) is 0 Å². The summed E-state index contributed by atoms with van der Waals surface area (Å²) in [6.45, 7) is 1.62. The van der Waals surface area contributed by atoms with Crippen molar-refractivity contribution >= 4 is 22.7 Å². The number of hydrogen-bond acceptors (Lipinski definition) is 4. The molecule has 0 fully saturated rings. The van der Waals surface area contributed by atoms with E-state index in [2.05, 4.69) is 74.2 Å². The van der Waals surface area contributed by atoms with Gasteiger partial charge in [-0.2, -0.15) is 35.4 Å². The number of hydrogen-bond donors (Lipinski definition) is 0. The normalized spacial score (nSPS) is 10.4. The fourth-order valence-electron chi connectivity index (χ4n) is 3.60. The third-order valence-electron chi connectivity index (χ3n) is 5.13. The molecule has 0 spiro atoms. The maximum atomic E-state index is 4.31. The fourth-order valence-corrected chi connectivity index (χ4v) is 5.12. The van der Waals surface area contributed by atoms with E-state index in [1.54, 1.807) is 22.7 Å². The van der Waals surface area contributed by atoms with Gasteiger partial charge in [-0.05, 0) is 41.2 Å². The molecule has 4 heterocycles. The van der Waals surface area contributed by atoms with Crippen molar-refractivity contribution < 1.29 is 17.1 Å². The first-order valence-electron chi connectivity index (χ1n) is 10.4. The Bertz CT molecular complexity index is 1240. The van der Waals surface area contributed by atoms with E-state index >= 15 is 0 Å². The van der Waals surface area contributed by atoms with Gasteiger partial charge in [-0.1, -0.05) is 22.9 Å². The number of aryl methyl sites for hydroxylation is 1. The van der Waals surface area contributed by atoms with Crippen molar-refractivity contribution in [2.24, 2.45) is 0 Å². The Morgan fingerprint density at radius 3 is 1.94 bits per heavy atom. The Hall–Kier alpha value is -2.96. The van der Waals surface area contributed by atoms with Crippen molar-refractivity contribution in [1.29, 1.82) is 0 Å². The topological polar surface area (TPSA) is 35.6 Å². The zero-order chi connectivity index (χ0) is 21.6. The van der Waals surface area contributed by atoms with Gasteiger partial charge in [-0.25, -0.2) is 12.1 Å². The van der Waals surface area contributed by atoms with E-state index in [9.17, 15) is 0 Å². The summed E-state index contributed by atoms with van der Waals surface area (Å²) in [5.41, 5.74) is 4.54. The predicted octanol–water partition coefficient (Wildman–Crippen LogP) is 7.03. The number of rotatable bonds is 6. The first kappa shape index (κ1) is 23.2. The Morgan fingerprint density at radius 2 is 1.42 bits per heavy atom. The van der Waals surface area contributed by atoms with Crippen molar-refractivity contribution in [2.75, 3.05) is 0 Å². The first-order chi connectivity index (χ1) is 15.9. The number of aromatic nitrogens is 4. The first-order valence-corrected chi connectivity index (χ1v) is 12.2. The summed E-state index contributed by atoms with van der Waals surface area (Å²) in [6, 6.07) is 31.2. The van der Waals surface area contributed by atoms with Crippen LogP contribution >= 0.6 is 22.7 Å². The molecular formula is C26H22FeN4S2. The van der Waals surface area contributed by atoms with Crippen molar-refractivity contribution in [3.8, 4) is 32.4 Å². The molecule has 0 atom stereocenters. The quantitative estimate of drug-likeness (QED) is 0.178. The van der Waals surface area contributed by atoms with Crippen LogP contribution < -0.4 is 0 Å². The zero-order valence-corrected chi connectivity index (χ0v) is 20.5. The third kappa shape index (κ3) is 5.52. The smallest absolute Gasteiger partial charge is 0.337 e. The predicted molar refractivity (Wildman–Crippen MR) is 134 cm³/mol. The minimum atomic E-state index is 0. The van der Waals surface area contributed by atoms with Crippen LogP contribution in [-0.2, 0) is 30.2 Å². The largest absolute Gasteiger partial charge is 2.00 e. The Kier molecular flexibility index (Phi) is 7.91. The molecule has 0 aliphatic heterocycles. The van der Waals surface area contributed by atoms with Crippen LogP contribution in [0.1, 0.15) is 0 Å². The van der Waals surface area contributed by atoms with E-state index in [-0.39, 0.29) is 17.1 Å². The summed E-state index contributed by atoms with van der Waals surface area (Å²) < 4.78 is 4.32. The molecule has 7 heteroatoms. The average Bonchev–Trinajstić information content (AvgIpc) is 3.67. The van der Waals surface area contributed by atoms with E-state index in [1.807, 2.05) is 53.3 Å². The van der Waals surface area contributed by atoms with Crippen molar-refractivity contribution in [3.63, 3.8) is 0 Å². The third-order valence-corrected chi connectivity index (χ3v) is 6.92. The zero-order valence-electron chi connectivity index (χ0n) is 17.8. The Morgan fingerprint density at radius 1 is 0.788 bits per heavy atom. The van der Waals surface area contributed by atoms with Crippen molar-refractivity contribution in [2.45, 2.75) is 13.1 Å². The van der Waals surface area contributed by atoms with Gasteiger partial charge >= 0.3 is 17.1 Å². The molecule has 0 N–H and O–H groups in total. The molecule has 4 nitrogen and oxygen atoms in total. The molecule has 0 amide bonds. The van der Waals surface area contributed by atoms with Crippen LogP contribution in [0.3, 0.4) is 0 Å². The molecule has 0 radical (unpaired) electrons. The summed E-state index contributed by atoms with van der Waals surface area (Å²) in [5.74, 6) is 0. The summed E-state index contributed by atoms with van der Waals surface area (Å²) >= 11 is 3.55. The number of thiophene rings is 2. The van der Waals surface area contributed by atoms with Crippen LogP contribution in [0.5, 0.6) is 0 Å². The SMILES string of the molecule is [Fe+2].c1cc[cH-]c1.c1csc(-c2ccc(-c3cccs3)n2CCn2cc(-[c-]3cccc3)nn2)c1. The molecule has 0 aliphatic carbocycles. The second-order valence-electron chi connectivity index (χ2n) is 7.21. The summed E-state index contributed by atoms with van der Waals surface area (Å²) in [7, 11) is 0. The second-order valence-corrected chi connectivity index (χ2v) is 9.11. The van der Waals surface area contributed by atoms with E-state index in [1.165, 1.54) is 21.1 Å². The van der Waals surface area contributed by atoms with Gasteiger partial charge in [0.1, 0.15) is 0 Å². The summed E-state index contributed by atoms with van der Waals surface area (Å²) in [5, 5.41) is 12.9. The molecule has 6 rings (SSSR count). The van der Waals surface area contributed by atoms with Gasteiger partial charge in [0.15, 0.2) is 0 Å².